The molecule has 0 aromatic heterocycles. The Labute approximate surface area is 367 Å². The van der Waals surface area contributed by atoms with Crippen molar-refractivity contribution < 1.29 is 64.6 Å². The van der Waals surface area contributed by atoms with Crippen molar-refractivity contribution >= 4 is 5.91 Å². The Morgan fingerprint density at radius 3 is 1.59 bits per heavy atom. The summed E-state index contributed by atoms with van der Waals surface area (Å²) in [6, 6.07) is -0.923. The predicted molar refractivity (Wildman–Crippen MR) is 235 cm³/mol. The molecule has 2 aliphatic heterocycles. The molecule has 2 fully saturated rings. The zero-order valence-corrected chi connectivity index (χ0v) is 37.7. The van der Waals surface area contributed by atoms with Gasteiger partial charge >= 0.3 is 0 Å². The average Bonchev–Trinajstić information content (AvgIpc) is 3.26. The Bertz CT molecular complexity index is 1130. The molecule has 0 aromatic rings. The second kappa shape index (κ2) is 34.8. The summed E-state index contributed by atoms with van der Waals surface area (Å²) >= 11 is 0. The lowest BCUT2D eigenvalue weighted by Gasteiger charge is -2.46. The fourth-order valence-electron chi connectivity index (χ4n) is 7.88. The number of amides is 1. The van der Waals surface area contributed by atoms with Crippen molar-refractivity contribution in [2.24, 2.45) is 0 Å². The number of aliphatic hydroxyl groups is 8. The number of ether oxygens (including phenoxy) is 4. The molecule has 61 heavy (non-hydrogen) atoms. The lowest BCUT2D eigenvalue weighted by atomic mass is 9.97. The topological polar surface area (TPSA) is 228 Å². The molecule has 9 N–H and O–H groups in total. The molecule has 2 aliphatic rings. The van der Waals surface area contributed by atoms with Crippen molar-refractivity contribution in [3.8, 4) is 0 Å². The minimum atomic E-state index is -1.79. The lowest BCUT2D eigenvalue weighted by molar-refractivity contribution is -0.359. The molecular weight excluding hydrogens is 787 g/mol. The Kier molecular flexibility index (Phi) is 31.7. The Hall–Kier alpha value is -1.53. The highest BCUT2D eigenvalue weighted by Gasteiger charge is 2.51. The molecule has 12 unspecified atom stereocenters. The van der Waals surface area contributed by atoms with Gasteiger partial charge in [0.2, 0.25) is 5.91 Å². The van der Waals surface area contributed by atoms with Crippen LogP contribution in [0, 0.1) is 0 Å². The fraction of sp³-hybridized carbons (Fsp3) is 0.894. The number of carbonyl (C=O) groups is 1. The number of carbonyl (C=O) groups excluding carboxylic acids is 1. The van der Waals surface area contributed by atoms with E-state index in [1.807, 2.05) is 6.08 Å². The first-order valence-corrected chi connectivity index (χ1v) is 24.1. The lowest BCUT2D eigenvalue weighted by Crippen LogP contribution is -2.65. The van der Waals surface area contributed by atoms with Crippen molar-refractivity contribution in [2.75, 3.05) is 19.8 Å². The van der Waals surface area contributed by atoms with Crippen LogP contribution >= 0.6 is 0 Å². The number of hydrogen-bond donors (Lipinski definition) is 9. The number of unbranched alkanes of at least 4 members (excludes halogenated alkanes) is 21. The summed E-state index contributed by atoms with van der Waals surface area (Å²) in [5.74, 6) is -0.252. The molecule has 14 nitrogen and oxygen atoms in total. The third-order valence-electron chi connectivity index (χ3n) is 11.9. The molecule has 0 saturated carbocycles. The van der Waals surface area contributed by atoms with Crippen molar-refractivity contribution in [1.82, 2.24) is 5.32 Å². The SMILES string of the molecule is CCCC/C=C/CC/C=C/C(O)C(COC1OC(CO)C(OC2OC(CO)C(O)C(O)C2O)C(O)C1O)NC(=O)CCCCCCCCCCCCCCCCCCCCC. The van der Waals surface area contributed by atoms with E-state index in [9.17, 15) is 45.6 Å². The molecule has 0 aliphatic carbocycles. The zero-order valence-electron chi connectivity index (χ0n) is 37.7. The van der Waals surface area contributed by atoms with E-state index in [1.165, 1.54) is 96.3 Å². The van der Waals surface area contributed by atoms with Crippen LogP contribution < -0.4 is 5.32 Å². The summed E-state index contributed by atoms with van der Waals surface area (Å²) in [6.07, 6.45) is 19.7. The molecule has 0 aromatic carbocycles. The first-order chi connectivity index (χ1) is 29.6. The van der Waals surface area contributed by atoms with Gasteiger partial charge in [0.1, 0.15) is 48.8 Å². The number of allylic oxidation sites excluding steroid dienone is 3. The van der Waals surface area contributed by atoms with Crippen LogP contribution in [0.1, 0.15) is 174 Å². The van der Waals surface area contributed by atoms with E-state index in [4.69, 9.17) is 18.9 Å². The van der Waals surface area contributed by atoms with Crippen LogP contribution in [0.25, 0.3) is 0 Å². The quantitative estimate of drug-likeness (QED) is 0.0285. The third kappa shape index (κ3) is 22.8. The number of nitrogens with one attached hydrogen (secondary N) is 1. The molecule has 1 amide bonds. The highest BCUT2D eigenvalue weighted by atomic mass is 16.7. The Morgan fingerprint density at radius 2 is 1.05 bits per heavy atom. The van der Waals surface area contributed by atoms with Gasteiger partial charge in [0.25, 0.3) is 0 Å². The molecule has 2 heterocycles. The summed E-state index contributed by atoms with van der Waals surface area (Å²) in [4.78, 5) is 13.1. The average molecular weight is 874 g/mol. The van der Waals surface area contributed by atoms with Gasteiger partial charge in [-0.1, -0.05) is 167 Å². The maximum Gasteiger partial charge on any atom is 0.220 e. The minimum Gasteiger partial charge on any atom is -0.394 e. The summed E-state index contributed by atoms with van der Waals surface area (Å²) in [5, 5.41) is 86.3. The predicted octanol–water partition coefficient (Wildman–Crippen LogP) is 5.38. The van der Waals surface area contributed by atoms with E-state index < -0.39 is 86.8 Å². The van der Waals surface area contributed by atoms with Crippen LogP contribution in [0.15, 0.2) is 24.3 Å². The largest absolute Gasteiger partial charge is 0.394 e. The standard InChI is InChI=1S/C47H87NO13/c1-3-5-7-9-11-13-14-15-16-17-18-19-20-21-22-23-25-27-29-31-39(52)48-35(36(51)30-28-26-24-12-10-8-6-4-2)34-58-46-44(57)42(55)45(38(33-50)60-46)61-47-43(56)41(54)40(53)37(32-49)59-47/h10,12,28,30,35-38,40-47,49-51,53-57H,3-9,11,13-27,29,31-34H2,1-2H3,(H,48,52)/b12-10+,30-28+. The summed E-state index contributed by atoms with van der Waals surface area (Å²) in [5.41, 5.74) is 0. The first kappa shape index (κ1) is 55.6. The summed E-state index contributed by atoms with van der Waals surface area (Å²) in [6.45, 7) is 2.68. The van der Waals surface area contributed by atoms with Gasteiger partial charge in [0, 0.05) is 6.42 Å². The molecule has 0 bridgehead atoms. The third-order valence-corrected chi connectivity index (χ3v) is 11.9. The van der Waals surface area contributed by atoms with Crippen molar-refractivity contribution in [2.45, 2.75) is 248 Å². The number of hydrogen-bond acceptors (Lipinski definition) is 13. The highest BCUT2D eigenvalue weighted by Crippen LogP contribution is 2.30. The van der Waals surface area contributed by atoms with Gasteiger partial charge in [0.15, 0.2) is 12.6 Å². The Balaban J connectivity index is 1.80. The van der Waals surface area contributed by atoms with Gasteiger partial charge in [0.05, 0.1) is 32.0 Å². The maximum atomic E-state index is 13.1. The molecule has 358 valence electrons. The molecule has 0 spiro atoms. The molecule has 2 saturated heterocycles. The minimum absolute atomic E-state index is 0.252. The Morgan fingerprint density at radius 1 is 0.574 bits per heavy atom. The highest BCUT2D eigenvalue weighted by molar-refractivity contribution is 5.76. The van der Waals surface area contributed by atoms with Crippen molar-refractivity contribution in [3.63, 3.8) is 0 Å². The molecule has 2 rings (SSSR count). The van der Waals surface area contributed by atoms with E-state index in [0.717, 1.165) is 44.9 Å². The smallest absolute Gasteiger partial charge is 0.220 e. The van der Waals surface area contributed by atoms with Crippen LogP contribution in [0.2, 0.25) is 0 Å². The van der Waals surface area contributed by atoms with Gasteiger partial charge < -0.3 is 65.1 Å². The van der Waals surface area contributed by atoms with Crippen LogP contribution in [0.3, 0.4) is 0 Å². The van der Waals surface area contributed by atoms with E-state index in [-0.39, 0.29) is 18.9 Å². The second-order valence-corrected chi connectivity index (χ2v) is 17.2. The number of rotatable bonds is 36. The van der Waals surface area contributed by atoms with E-state index in [2.05, 4.69) is 31.3 Å². The summed E-state index contributed by atoms with van der Waals surface area (Å²) < 4.78 is 22.6. The van der Waals surface area contributed by atoms with E-state index in [0.29, 0.717) is 12.8 Å². The molecule has 12 atom stereocenters. The molecule has 0 radical (unpaired) electrons. The van der Waals surface area contributed by atoms with Gasteiger partial charge in [-0.2, -0.15) is 0 Å². The number of aliphatic hydroxyl groups excluding tert-OH is 8. The monoisotopic (exact) mass is 874 g/mol. The fourth-order valence-corrected chi connectivity index (χ4v) is 7.88. The van der Waals surface area contributed by atoms with Crippen molar-refractivity contribution in [3.05, 3.63) is 24.3 Å². The molecule has 14 heteroatoms. The van der Waals surface area contributed by atoms with E-state index in [1.54, 1.807) is 6.08 Å². The maximum absolute atomic E-state index is 13.1. The van der Waals surface area contributed by atoms with Gasteiger partial charge in [-0.15, -0.1) is 0 Å². The van der Waals surface area contributed by atoms with Gasteiger partial charge in [-0.05, 0) is 25.7 Å². The van der Waals surface area contributed by atoms with E-state index >= 15 is 0 Å². The molecular formula is C47H87NO13. The normalized spacial score (nSPS) is 28.2. The van der Waals surface area contributed by atoms with Crippen LogP contribution in [0.4, 0.5) is 0 Å². The van der Waals surface area contributed by atoms with Crippen LogP contribution in [-0.4, -0.2) is 140 Å². The summed E-state index contributed by atoms with van der Waals surface area (Å²) in [7, 11) is 0. The zero-order chi connectivity index (χ0) is 44.7. The van der Waals surface area contributed by atoms with Crippen LogP contribution in [-0.2, 0) is 23.7 Å². The van der Waals surface area contributed by atoms with Gasteiger partial charge in [-0.3, -0.25) is 4.79 Å². The van der Waals surface area contributed by atoms with Gasteiger partial charge in [-0.25, -0.2) is 0 Å². The van der Waals surface area contributed by atoms with Crippen molar-refractivity contribution in [1.29, 1.82) is 0 Å². The second-order valence-electron chi connectivity index (χ2n) is 17.2. The first-order valence-electron chi connectivity index (χ1n) is 24.1. The van der Waals surface area contributed by atoms with Crippen LogP contribution in [0.5, 0.6) is 0 Å².